The number of benzene rings is 1. The van der Waals surface area contributed by atoms with Crippen LogP contribution in [0.2, 0.25) is 0 Å². The average Bonchev–Trinajstić information content (AvgIpc) is 3.07. The van der Waals surface area contributed by atoms with E-state index in [0.29, 0.717) is 4.88 Å². The van der Waals surface area contributed by atoms with Crippen LogP contribution >= 0.6 is 11.3 Å². The zero-order valence-corrected chi connectivity index (χ0v) is 11.7. The van der Waals surface area contributed by atoms with Gasteiger partial charge in [-0.25, -0.2) is 0 Å². The van der Waals surface area contributed by atoms with Crippen LogP contribution in [0.15, 0.2) is 48.0 Å². The zero-order chi connectivity index (χ0) is 14.1. The van der Waals surface area contributed by atoms with E-state index in [4.69, 9.17) is 5.73 Å². The largest absolute Gasteiger partial charge is 0.365 e. The third-order valence-electron chi connectivity index (χ3n) is 3.15. The topological polar surface area (TPSA) is 60.9 Å². The van der Waals surface area contributed by atoms with Crippen molar-refractivity contribution >= 4 is 17.2 Å². The lowest BCUT2D eigenvalue weighted by Gasteiger charge is -2.04. The van der Waals surface area contributed by atoms with Crippen LogP contribution in [0.25, 0.3) is 22.4 Å². The predicted molar refractivity (Wildman–Crippen MR) is 80.5 cm³/mol. The Kier molecular flexibility index (Phi) is 3.12. The van der Waals surface area contributed by atoms with Crippen molar-refractivity contribution in [3.63, 3.8) is 0 Å². The van der Waals surface area contributed by atoms with Crippen LogP contribution in [0, 0.1) is 0 Å². The summed E-state index contributed by atoms with van der Waals surface area (Å²) in [5.74, 6) is -0.385. The molecule has 3 aromatic rings. The summed E-state index contributed by atoms with van der Waals surface area (Å²) in [5, 5.41) is 6.13. The lowest BCUT2D eigenvalue weighted by molar-refractivity contribution is 0.100. The van der Waals surface area contributed by atoms with Gasteiger partial charge in [0.15, 0.2) is 0 Å². The summed E-state index contributed by atoms with van der Waals surface area (Å²) in [5.41, 5.74) is 9.51. The van der Waals surface area contributed by atoms with E-state index in [1.54, 1.807) is 6.20 Å². The number of hydrogen-bond acceptors (Lipinski definition) is 3. The standard InChI is InChI=1S/C15H13N3OS/c1-18-13(5-6-17-18)11-4-2-3-10(7-11)12-8-14(15(16)19)20-9-12/h2-9H,1H3,(H2,16,19). The van der Waals surface area contributed by atoms with Crippen molar-refractivity contribution < 1.29 is 4.79 Å². The molecule has 2 N–H and O–H groups in total. The molecule has 0 bridgehead atoms. The highest BCUT2D eigenvalue weighted by molar-refractivity contribution is 7.12. The van der Waals surface area contributed by atoms with Crippen molar-refractivity contribution in [1.29, 1.82) is 0 Å². The smallest absolute Gasteiger partial charge is 0.258 e. The van der Waals surface area contributed by atoms with Crippen LogP contribution in [-0.2, 0) is 7.05 Å². The van der Waals surface area contributed by atoms with E-state index in [9.17, 15) is 4.79 Å². The molecule has 20 heavy (non-hydrogen) atoms. The normalized spacial score (nSPS) is 10.7. The number of amides is 1. The molecule has 0 aliphatic rings. The van der Waals surface area contributed by atoms with Gasteiger partial charge in [0.1, 0.15) is 0 Å². The van der Waals surface area contributed by atoms with Gasteiger partial charge >= 0.3 is 0 Å². The number of aryl methyl sites for hydroxylation is 1. The summed E-state index contributed by atoms with van der Waals surface area (Å²) in [4.78, 5) is 11.7. The predicted octanol–water partition coefficient (Wildman–Crippen LogP) is 2.91. The molecule has 1 aromatic carbocycles. The highest BCUT2D eigenvalue weighted by atomic mass is 32.1. The second-order valence-electron chi connectivity index (χ2n) is 4.48. The molecule has 0 saturated carbocycles. The third kappa shape index (κ3) is 2.23. The Labute approximate surface area is 120 Å². The molecule has 0 saturated heterocycles. The third-order valence-corrected chi connectivity index (χ3v) is 4.10. The van der Waals surface area contributed by atoms with E-state index in [1.165, 1.54) is 11.3 Å². The molecule has 5 heteroatoms. The fourth-order valence-corrected chi connectivity index (χ4v) is 2.90. The second-order valence-corrected chi connectivity index (χ2v) is 5.40. The van der Waals surface area contributed by atoms with Crippen LogP contribution in [0.4, 0.5) is 0 Å². The summed E-state index contributed by atoms with van der Waals surface area (Å²) >= 11 is 1.37. The quantitative estimate of drug-likeness (QED) is 0.803. The Morgan fingerprint density at radius 3 is 2.65 bits per heavy atom. The molecule has 0 spiro atoms. The minimum Gasteiger partial charge on any atom is -0.365 e. The molecule has 0 aliphatic carbocycles. The van der Waals surface area contributed by atoms with Crippen molar-refractivity contribution in [2.45, 2.75) is 0 Å². The molecule has 0 unspecified atom stereocenters. The number of nitrogens with zero attached hydrogens (tertiary/aromatic N) is 2. The van der Waals surface area contributed by atoms with Gasteiger partial charge in [-0.05, 0) is 34.7 Å². The van der Waals surface area contributed by atoms with Gasteiger partial charge in [-0.2, -0.15) is 5.10 Å². The molecule has 100 valence electrons. The zero-order valence-electron chi connectivity index (χ0n) is 10.9. The SMILES string of the molecule is Cn1nccc1-c1cccc(-c2csc(C(N)=O)c2)c1. The van der Waals surface area contributed by atoms with Gasteiger partial charge in [-0.15, -0.1) is 11.3 Å². The monoisotopic (exact) mass is 283 g/mol. The minimum atomic E-state index is -0.385. The molecular formula is C15H13N3OS. The van der Waals surface area contributed by atoms with Crippen LogP contribution in [0.1, 0.15) is 9.67 Å². The highest BCUT2D eigenvalue weighted by Gasteiger charge is 2.08. The van der Waals surface area contributed by atoms with Crippen molar-refractivity contribution in [2.24, 2.45) is 12.8 Å². The number of hydrogen-bond donors (Lipinski definition) is 1. The maximum atomic E-state index is 11.2. The first-order chi connectivity index (χ1) is 9.65. The summed E-state index contributed by atoms with van der Waals surface area (Å²) in [7, 11) is 1.91. The number of carbonyl (C=O) groups excluding carboxylic acids is 1. The number of thiophene rings is 1. The first kappa shape index (κ1) is 12.6. The lowest BCUT2D eigenvalue weighted by Crippen LogP contribution is -2.08. The fraction of sp³-hybridized carbons (Fsp3) is 0.0667. The van der Waals surface area contributed by atoms with Crippen molar-refractivity contribution in [1.82, 2.24) is 9.78 Å². The van der Waals surface area contributed by atoms with Crippen LogP contribution in [-0.4, -0.2) is 15.7 Å². The Hall–Kier alpha value is -2.40. The van der Waals surface area contributed by atoms with Gasteiger partial charge in [0.05, 0.1) is 10.6 Å². The molecule has 0 radical (unpaired) electrons. The van der Waals surface area contributed by atoms with Crippen LogP contribution in [0.5, 0.6) is 0 Å². The number of aromatic nitrogens is 2. The van der Waals surface area contributed by atoms with Gasteiger partial charge in [-0.3, -0.25) is 9.48 Å². The molecular weight excluding hydrogens is 270 g/mol. The summed E-state index contributed by atoms with van der Waals surface area (Å²) in [6.07, 6.45) is 1.78. The number of rotatable bonds is 3. The highest BCUT2D eigenvalue weighted by Crippen LogP contribution is 2.29. The Morgan fingerprint density at radius 1 is 1.20 bits per heavy atom. The Bertz CT molecular complexity index is 773. The number of carbonyl (C=O) groups is 1. The van der Waals surface area contributed by atoms with Gasteiger partial charge in [0, 0.05) is 18.8 Å². The molecule has 4 nitrogen and oxygen atoms in total. The van der Waals surface area contributed by atoms with E-state index in [2.05, 4.69) is 11.2 Å². The molecule has 0 atom stereocenters. The fourth-order valence-electron chi connectivity index (χ4n) is 2.13. The molecule has 0 aliphatic heterocycles. The minimum absolute atomic E-state index is 0.385. The second kappa shape index (κ2) is 4.94. The molecule has 2 heterocycles. The van der Waals surface area contributed by atoms with Crippen molar-refractivity contribution in [3.8, 4) is 22.4 Å². The number of nitrogens with two attached hydrogens (primary N) is 1. The van der Waals surface area contributed by atoms with E-state index in [1.807, 2.05) is 47.4 Å². The number of primary amides is 1. The van der Waals surface area contributed by atoms with Crippen molar-refractivity contribution in [2.75, 3.05) is 0 Å². The van der Waals surface area contributed by atoms with E-state index >= 15 is 0 Å². The molecule has 1 amide bonds. The molecule has 3 rings (SSSR count). The molecule has 2 aromatic heterocycles. The van der Waals surface area contributed by atoms with Gasteiger partial charge in [0.25, 0.3) is 5.91 Å². The van der Waals surface area contributed by atoms with Gasteiger partial charge in [0.2, 0.25) is 0 Å². The first-order valence-electron chi connectivity index (χ1n) is 6.12. The average molecular weight is 283 g/mol. The Balaban J connectivity index is 2.03. The van der Waals surface area contributed by atoms with E-state index in [-0.39, 0.29) is 5.91 Å². The summed E-state index contributed by atoms with van der Waals surface area (Å²) < 4.78 is 1.83. The van der Waals surface area contributed by atoms with Gasteiger partial charge < -0.3 is 5.73 Å². The summed E-state index contributed by atoms with van der Waals surface area (Å²) in [6, 6.07) is 12.0. The Morgan fingerprint density at radius 2 is 2.00 bits per heavy atom. The maximum Gasteiger partial charge on any atom is 0.258 e. The van der Waals surface area contributed by atoms with Crippen molar-refractivity contribution in [3.05, 3.63) is 52.9 Å². The lowest BCUT2D eigenvalue weighted by atomic mass is 10.0. The van der Waals surface area contributed by atoms with Crippen LogP contribution < -0.4 is 5.73 Å². The molecule has 0 fully saturated rings. The van der Waals surface area contributed by atoms with Gasteiger partial charge in [-0.1, -0.05) is 18.2 Å². The van der Waals surface area contributed by atoms with Crippen LogP contribution in [0.3, 0.4) is 0 Å². The van der Waals surface area contributed by atoms with E-state index in [0.717, 1.165) is 22.4 Å². The maximum absolute atomic E-state index is 11.2. The first-order valence-corrected chi connectivity index (χ1v) is 7.00. The summed E-state index contributed by atoms with van der Waals surface area (Å²) in [6.45, 7) is 0. The van der Waals surface area contributed by atoms with E-state index < -0.39 is 0 Å².